The van der Waals surface area contributed by atoms with Crippen LogP contribution in [0, 0.1) is 0 Å². The van der Waals surface area contributed by atoms with E-state index in [0.29, 0.717) is 17.9 Å². The van der Waals surface area contributed by atoms with Crippen LogP contribution in [0.4, 0.5) is 5.69 Å². The Kier molecular flexibility index (Phi) is 5.30. The maximum atomic E-state index is 11.7. The molecule has 0 unspecified atom stereocenters. The monoisotopic (exact) mass is 271 g/mol. The van der Waals surface area contributed by atoms with Crippen LogP contribution < -0.4 is 4.72 Å². The van der Waals surface area contributed by atoms with E-state index in [1.165, 1.54) is 6.92 Å². The van der Waals surface area contributed by atoms with Gasteiger partial charge in [0.15, 0.2) is 5.78 Å². The zero-order valence-electron chi connectivity index (χ0n) is 10.5. The summed E-state index contributed by atoms with van der Waals surface area (Å²) in [5.41, 5.74) is 0.666. The van der Waals surface area contributed by atoms with Gasteiger partial charge < -0.3 is 4.74 Å². The number of hydrogen-bond acceptors (Lipinski definition) is 4. The second-order valence-electron chi connectivity index (χ2n) is 3.72. The summed E-state index contributed by atoms with van der Waals surface area (Å²) in [5.74, 6) is -0.314. The van der Waals surface area contributed by atoms with Crippen molar-refractivity contribution < 1.29 is 17.9 Å². The zero-order chi connectivity index (χ0) is 13.6. The first kappa shape index (κ1) is 14.7. The minimum atomic E-state index is -3.49. The summed E-state index contributed by atoms with van der Waals surface area (Å²) in [6.07, 6.45) is 0. The molecule has 0 atom stereocenters. The molecule has 0 aliphatic carbocycles. The zero-order valence-corrected chi connectivity index (χ0v) is 11.3. The molecule has 0 aromatic heterocycles. The maximum absolute atomic E-state index is 11.7. The van der Waals surface area contributed by atoms with Gasteiger partial charge >= 0.3 is 0 Å². The van der Waals surface area contributed by atoms with E-state index in [9.17, 15) is 13.2 Å². The average molecular weight is 271 g/mol. The summed E-state index contributed by atoms with van der Waals surface area (Å²) >= 11 is 0. The third kappa shape index (κ3) is 4.46. The number of carbonyl (C=O) groups excluding carboxylic acids is 1. The number of Topliss-reactive ketones (excluding diaryl/α,β-unsaturated/α-hetero) is 1. The molecule has 1 aromatic rings. The van der Waals surface area contributed by atoms with Crippen LogP contribution in [0.5, 0.6) is 0 Å². The summed E-state index contributed by atoms with van der Waals surface area (Å²) in [6, 6.07) is 6.51. The fourth-order valence-electron chi connectivity index (χ4n) is 1.41. The standard InChI is InChI=1S/C12H17NO4S/c1-3-17-8-9-18(15,16)13-12-7-5-4-6-11(12)10(2)14/h4-7,13H,3,8-9H2,1-2H3. The van der Waals surface area contributed by atoms with Crippen LogP contribution in [0.15, 0.2) is 24.3 Å². The van der Waals surface area contributed by atoms with E-state index in [0.717, 1.165) is 0 Å². The molecule has 0 aliphatic heterocycles. The Labute approximate surface area is 107 Å². The topological polar surface area (TPSA) is 72.5 Å². The number of sulfonamides is 1. The quantitative estimate of drug-likeness (QED) is 0.605. The molecule has 0 fully saturated rings. The van der Waals surface area contributed by atoms with Crippen molar-refractivity contribution in [1.82, 2.24) is 0 Å². The minimum absolute atomic E-state index is 0.132. The van der Waals surface area contributed by atoms with E-state index in [1.807, 2.05) is 0 Å². The van der Waals surface area contributed by atoms with Crippen molar-refractivity contribution in [3.05, 3.63) is 29.8 Å². The Morgan fingerprint density at radius 2 is 2.00 bits per heavy atom. The third-order valence-electron chi connectivity index (χ3n) is 2.27. The van der Waals surface area contributed by atoms with Gasteiger partial charge in [0.2, 0.25) is 10.0 Å². The molecule has 18 heavy (non-hydrogen) atoms. The first-order valence-electron chi connectivity index (χ1n) is 5.64. The lowest BCUT2D eigenvalue weighted by atomic mass is 10.1. The van der Waals surface area contributed by atoms with Gasteiger partial charge in [-0.05, 0) is 26.0 Å². The molecule has 1 N–H and O–H groups in total. The van der Waals surface area contributed by atoms with Gasteiger partial charge in [-0.1, -0.05) is 12.1 Å². The molecule has 0 saturated carbocycles. The number of anilines is 1. The first-order chi connectivity index (χ1) is 8.46. The number of ketones is 1. The Balaban J connectivity index is 2.81. The highest BCUT2D eigenvalue weighted by Crippen LogP contribution is 2.17. The first-order valence-corrected chi connectivity index (χ1v) is 7.29. The Morgan fingerprint density at radius 1 is 1.33 bits per heavy atom. The van der Waals surface area contributed by atoms with Crippen molar-refractivity contribution in [3.63, 3.8) is 0 Å². The number of rotatable bonds is 7. The van der Waals surface area contributed by atoms with Crippen molar-refractivity contribution in [2.45, 2.75) is 13.8 Å². The molecular weight excluding hydrogens is 254 g/mol. The van der Waals surface area contributed by atoms with Crippen LogP contribution >= 0.6 is 0 Å². The van der Waals surface area contributed by atoms with Crippen LogP contribution in [0.2, 0.25) is 0 Å². The number of benzene rings is 1. The van der Waals surface area contributed by atoms with Crippen LogP contribution in [0.3, 0.4) is 0 Å². The smallest absolute Gasteiger partial charge is 0.235 e. The molecule has 0 radical (unpaired) electrons. The SMILES string of the molecule is CCOCCS(=O)(=O)Nc1ccccc1C(C)=O. The number of hydrogen-bond donors (Lipinski definition) is 1. The predicted octanol–water partition coefficient (Wildman–Crippen LogP) is 1.67. The van der Waals surface area contributed by atoms with Crippen molar-refractivity contribution in [2.24, 2.45) is 0 Å². The van der Waals surface area contributed by atoms with Gasteiger partial charge in [0.05, 0.1) is 18.0 Å². The lowest BCUT2D eigenvalue weighted by molar-refractivity contribution is 0.101. The van der Waals surface area contributed by atoms with Gasteiger partial charge in [-0.3, -0.25) is 9.52 Å². The number of para-hydroxylation sites is 1. The van der Waals surface area contributed by atoms with Gasteiger partial charge in [0.1, 0.15) is 0 Å². The van der Waals surface area contributed by atoms with E-state index in [-0.39, 0.29) is 18.1 Å². The third-order valence-corrected chi connectivity index (χ3v) is 3.51. The minimum Gasteiger partial charge on any atom is -0.381 e. The van der Waals surface area contributed by atoms with Crippen molar-refractivity contribution in [2.75, 3.05) is 23.7 Å². The van der Waals surface area contributed by atoms with Gasteiger partial charge in [-0.2, -0.15) is 0 Å². The van der Waals surface area contributed by atoms with Crippen molar-refractivity contribution in [3.8, 4) is 0 Å². The Morgan fingerprint density at radius 3 is 2.61 bits per heavy atom. The van der Waals surface area contributed by atoms with E-state index >= 15 is 0 Å². The fraction of sp³-hybridized carbons (Fsp3) is 0.417. The predicted molar refractivity (Wildman–Crippen MR) is 70.3 cm³/mol. The molecule has 1 aromatic carbocycles. The van der Waals surface area contributed by atoms with Crippen LogP contribution in [0.25, 0.3) is 0 Å². The molecular formula is C12H17NO4S. The van der Waals surface area contributed by atoms with Crippen molar-refractivity contribution >= 4 is 21.5 Å². The van der Waals surface area contributed by atoms with Crippen molar-refractivity contribution in [1.29, 1.82) is 0 Å². The normalized spacial score (nSPS) is 11.2. The molecule has 0 spiro atoms. The number of ether oxygens (including phenoxy) is 1. The molecule has 0 heterocycles. The van der Waals surface area contributed by atoms with E-state index in [4.69, 9.17) is 4.74 Å². The molecule has 0 aliphatic rings. The fourth-order valence-corrected chi connectivity index (χ4v) is 2.36. The van der Waals surface area contributed by atoms with Crippen LogP contribution in [-0.2, 0) is 14.8 Å². The van der Waals surface area contributed by atoms with Gasteiger partial charge in [0.25, 0.3) is 0 Å². The van der Waals surface area contributed by atoms with Gasteiger partial charge in [0, 0.05) is 12.2 Å². The summed E-state index contributed by atoms with van der Waals surface area (Å²) in [5, 5.41) is 0. The van der Waals surface area contributed by atoms with Crippen LogP contribution in [0.1, 0.15) is 24.2 Å². The highest BCUT2D eigenvalue weighted by atomic mass is 32.2. The lowest BCUT2D eigenvalue weighted by Gasteiger charge is -2.10. The Hall–Kier alpha value is -1.40. The molecule has 100 valence electrons. The van der Waals surface area contributed by atoms with E-state index in [2.05, 4.69) is 4.72 Å². The maximum Gasteiger partial charge on any atom is 0.235 e. The summed E-state index contributed by atoms with van der Waals surface area (Å²) in [6.45, 7) is 3.80. The second-order valence-corrected chi connectivity index (χ2v) is 5.56. The molecule has 0 saturated heterocycles. The van der Waals surface area contributed by atoms with E-state index < -0.39 is 10.0 Å². The van der Waals surface area contributed by atoms with E-state index in [1.54, 1.807) is 31.2 Å². The summed E-state index contributed by atoms with van der Waals surface area (Å²) in [4.78, 5) is 11.4. The molecule has 6 heteroatoms. The Bertz CT molecular complexity index is 511. The average Bonchev–Trinajstić information content (AvgIpc) is 2.29. The summed E-state index contributed by atoms with van der Waals surface area (Å²) < 4.78 is 30.9. The second kappa shape index (κ2) is 6.51. The van der Waals surface area contributed by atoms with Gasteiger partial charge in [-0.25, -0.2) is 8.42 Å². The molecule has 0 amide bonds. The molecule has 1 rings (SSSR count). The highest BCUT2D eigenvalue weighted by Gasteiger charge is 2.14. The largest absolute Gasteiger partial charge is 0.381 e. The number of carbonyl (C=O) groups is 1. The highest BCUT2D eigenvalue weighted by molar-refractivity contribution is 7.92. The summed E-state index contributed by atoms with van der Waals surface area (Å²) in [7, 11) is -3.49. The number of nitrogens with one attached hydrogen (secondary N) is 1. The molecule has 0 bridgehead atoms. The van der Waals surface area contributed by atoms with Gasteiger partial charge in [-0.15, -0.1) is 0 Å². The molecule has 5 nitrogen and oxygen atoms in total. The van der Waals surface area contributed by atoms with Crippen LogP contribution in [-0.4, -0.2) is 33.2 Å². The lowest BCUT2D eigenvalue weighted by Crippen LogP contribution is -2.21.